The Balaban J connectivity index is 1.54. The molecule has 1 saturated carbocycles. The summed E-state index contributed by atoms with van der Waals surface area (Å²) in [6, 6.07) is 11.5. The van der Waals surface area contributed by atoms with E-state index in [0.717, 1.165) is 29.9 Å². The highest BCUT2D eigenvalue weighted by Gasteiger charge is 2.28. The minimum Gasteiger partial charge on any atom is -0.508 e. The van der Waals surface area contributed by atoms with Crippen LogP contribution in [0.5, 0.6) is 5.75 Å². The third-order valence-electron chi connectivity index (χ3n) is 5.58. The van der Waals surface area contributed by atoms with Crippen molar-refractivity contribution in [2.45, 2.75) is 44.1 Å². The monoisotopic (exact) mass is 381 g/mol. The zero-order chi connectivity index (χ0) is 19.9. The Morgan fingerprint density at radius 3 is 2.61 bits per heavy atom. The van der Waals surface area contributed by atoms with E-state index >= 15 is 0 Å². The molecule has 5 heteroatoms. The molecule has 1 amide bonds. The number of rotatable bonds is 10. The second-order valence-electron chi connectivity index (χ2n) is 8.16. The van der Waals surface area contributed by atoms with Gasteiger partial charge in [-0.2, -0.15) is 0 Å². The summed E-state index contributed by atoms with van der Waals surface area (Å²) in [7, 11) is 4.06. The van der Waals surface area contributed by atoms with E-state index in [1.54, 1.807) is 18.3 Å². The smallest absolute Gasteiger partial charge is 0.220 e. The molecule has 3 rings (SSSR count). The molecule has 5 nitrogen and oxygen atoms in total. The number of hydrogen-bond donors (Lipinski definition) is 2. The fraction of sp³-hybridized carbons (Fsp3) is 0.478. The molecule has 2 aromatic rings. The predicted molar refractivity (Wildman–Crippen MR) is 111 cm³/mol. The molecule has 1 aliphatic carbocycles. The second kappa shape index (κ2) is 9.69. The molecule has 150 valence electrons. The van der Waals surface area contributed by atoms with Crippen molar-refractivity contribution in [1.82, 2.24) is 15.2 Å². The number of phenols is 1. The quantitative estimate of drug-likeness (QED) is 0.662. The first-order chi connectivity index (χ1) is 13.5. The maximum atomic E-state index is 12.7. The third-order valence-corrected chi connectivity index (χ3v) is 5.58. The predicted octanol–water partition coefficient (Wildman–Crippen LogP) is 3.35. The Morgan fingerprint density at radius 2 is 2.00 bits per heavy atom. The lowest BCUT2D eigenvalue weighted by atomic mass is 9.91. The van der Waals surface area contributed by atoms with Crippen molar-refractivity contribution in [2.75, 3.05) is 20.6 Å². The van der Waals surface area contributed by atoms with Crippen LogP contribution in [0.3, 0.4) is 0 Å². The van der Waals surface area contributed by atoms with E-state index in [9.17, 15) is 9.90 Å². The summed E-state index contributed by atoms with van der Waals surface area (Å²) in [6.07, 6.45) is 8.66. The van der Waals surface area contributed by atoms with Crippen molar-refractivity contribution in [2.24, 2.45) is 5.92 Å². The van der Waals surface area contributed by atoms with Gasteiger partial charge in [-0.05, 0) is 68.1 Å². The molecule has 1 aromatic carbocycles. The minimum absolute atomic E-state index is 0.104. The molecule has 0 spiro atoms. The number of likely N-dealkylation sites (N-methyl/N-ethyl adjacent to an activating group) is 1. The molecule has 2 N–H and O–H groups in total. The van der Waals surface area contributed by atoms with Crippen LogP contribution in [0.2, 0.25) is 0 Å². The van der Waals surface area contributed by atoms with Crippen molar-refractivity contribution >= 4 is 5.91 Å². The van der Waals surface area contributed by atoms with Crippen molar-refractivity contribution < 1.29 is 9.90 Å². The average Bonchev–Trinajstić information content (AvgIpc) is 3.50. The van der Waals surface area contributed by atoms with Gasteiger partial charge in [0.1, 0.15) is 5.75 Å². The molecule has 2 atom stereocenters. The molecule has 1 fully saturated rings. The number of hydrogen-bond acceptors (Lipinski definition) is 4. The van der Waals surface area contributed by atoms with Crippen molar-refractivity contribution in [3.63, 3.8) is 0 Å². The Hall–Kier alpha value is -2.40. The second-order valence-corrected chi connectivity index (χ2v) is 8.16. The molecule has 0 saturated heterocycles. The lowest BCUT2D eigenvalue weighted by Crippen LogP contribution is -2.41. The number of phenolic OH excluding ortho intramolecular Hbond substituents is 1. The van der Waals surface area contributed by atoms with Crippen LogP contribution in [0.1, 0.15) is 42.7 Å². The third kappa shape index (κ3) is 6.34. The largest absolute Gasteiger partial charge is 0.508 e. The minimum atomic E-state index is 0.104. The van der Waals surface area contributed by atoms with Gasteiger partial charge in [0.15, 0.2) is 0 Å². The molecule has 1 unspecified atom stereocenters. The fourth-order valence-electron chi connectivity index (χ4n) is 3.58. The Morgan fingerprint density at radius 1 is 1.25 bits per heavy atom. The van der Waals surface area contributed by atoms with Crippen LogP contribution in [0.25, 0.3) is 0 Å². The molecular formula is C23H31N3O2. The van der Waals surface area contributed by atoms with Gasteiger partial charge in [-0.25, -0.2) is 0 Å². The zero-order valence-corrected chi connectivity index (χ0v) is 16.8. The SMILES string of the molecule is CN(C)[C@H](CNC(=O)CC(CC1CC1)c1cccnc1)Cc1ccc(O)cc1. The van der Waals surface area contributed by atoms with E-state index in [2.05, 4.69) is 21.3 Å². The van der Waals surface area contributed by atoms with E-state index < -0.39 is 0 Å². The number of carbonyl (C=O) groups excluding carboxylic acids is 1. The zero-order valence-electron chi connectivity index (χ0n) is 16.8. The summed E-state index contributed by atoms with van der Waals surface area (Å²) in [5.74, 6) is 1.39. The van der Waals surface area contributed by atoms with Gasteiger partial charge in [-0.1, -0.05) is 31.0 Å². The molecule has 0 bridgehead atoms. The highest BCUT2D eigenvalue weighted by Crippen LogP contribution is 2.39. The first-order valence-corrected chi connectivity index (χ1v) is 10.1. The molecule has 1 heterocycles. The lowest BCUT2D eigenvalue weighted by Gasteiger charge is -2.25. The number of nitrogens with one attached hydrogen (secondary N) is 1. The van der Waals surface area contributed by atoms with Gasteiger partial charge in [0.25, 0.3) is 0 Å². The van der Waals surface area contributed by atoms with Crippen LogP contribution in [-0.4, -0.2) is 47.6 Å². The maximum Gasteiger partial charge on any atom is 0.220 e. The van der Waals surface area contributed by atoms with Crippen LogP contribution >= 0.6 is 0 Å². The summed E-state index contributed by atoms with van der Waals surface area (Å²) in [5.41, 5.74) is 2.31. The van der Waals surface area contributed by atoms with Gasteiger partial charge < -0.3 is 15.3 Å². The summed E-state index contributed by atoms with van der Waals surface area (Å²) in [4.78, 5) is 19.0. The van der Waals surface area contributed by atoms with E-state index in [4.69, 9.17) is 0 Å². The van der Waals surface area contributed by atoms with E-state index in [1.807, 2.05) is 38.5 Å². The number of aromatic nitrogens is 1. The van der Waals surface area contributed by atoms with Crippen molar-refractivity contribution in [3.8, 4) is 5.75 Å². The topological polar surface area (TPSA) is 65.5 Å². The normalized spacial score (nSPS) is 16.0. The highest BCUT2D eigenvalue weighted by atomic mass is 16.3. The molecule has 0 aliphatic heterocycles. The van der Waals surface area contributed by atoms with Gasteiger partial charge in [0.05, 0.1) is 0 Å². The average molecular weight is 382 g/mol. The van der Waals surface area contributed by atoms with E-state index in [-0.39, 0.29) is 23.6 Å². The van der Waals surface area contributed by atoms with E-state index in [0.29, 0.717) is 13.0 Å². The summed E-state index contributed by atoms with van der Waals surface area (Å²) in [6.45, 7) is 0.607. The number of carbonyl (C=O) groups is 1. The van der Waals surface area contributed by atoms with Crippen molar-refractivity contribution in [1.29, 1.82) is 0 Å². The lowest BCUT2D eigenvalue weighted by molar-refractivity contribution is -0.121. The van der Waals surface area contributed by atoms with Crippen LogP contribution in [-0.2, 0) is 11.2 Å². The molecule has 1 aromatic heterocycles. The van der Waals surface area contributed by atoms with Crippen LogP contribution in [0, 0.1) is 5.92 Å². The summed E-state index contributed by atoms with van der Waals surface area (Å²) >= 11 is 0. The molecule has 1 aliphatic rings. The number of aromatic hydroxyl groups is 1. The van der Waals surface area contributed by atoms with E-state index in [1.165, 1.54) is 12.8 Å². The Bertz CT molecular complexity index is 742. The van der Waals surface area contributed by atoms with Gasteiger partial charge in [0, 0.05) is 31.4 Å². The van der Waals surface area contributed by atoms with Gasteiger partial charge >= 0.3 is 0 Å². The van der Waals surface area contributed by atoms with Gasteiger partial charge in [-0.15, -0.1) is 0 Å². The van der Waals surface area contributed by atoms with Crippen LogP contribution in [0.4, 0.5) is 0 Å². The summed E-state index contributed by atoms with van der Waals surface area (Å²) < 4.78 is 0. The highest BCUT2D eigenvalue weighted by molar-refractivity contribution is 5.76. The van der Waals surface area contributed by atoms with Gasteiger partial charge in [-0.3, -0.25) is 9.78 Å². The standard InChI is InChI=1S/C23H31N3O2/c1-26(2)21(13-18-7-9-22(27)10-8-18)16-25-23(28)14-20(12-17-5-6-17)19-4-3-11-24-15-19/h3-4,7-11,15,17,20-21,27H,5-6,12-14,16H2,1-2H3,(H,25,28)/t20?,21-/m0/s1. The molecule has 0 radical (unpaired) electrons. The van der Waals surface area contributed by atoms with Gasteiger partial charge in [0.2, 0.25) is 5.91 Å². The maximum absolute atomic E-state index is 12.7. The Kier molecular flexibility index (Phi) is 7.04. The number of nitrogens with zero attached hydrogens (tertiary/aromatic N) is 2. The van der Waals surface area contributed by atoms with Crippen LogP contribution in [0.15, 0.2) is 48.8 Å². The molecular weight excluding hydrogens is 350 g/mol. The summed E-state index contributed by atoms with van der Waals surface area (Å²) in [5, 5.41) is 12.6. The Labute approximate surface area is 167 Å². The van der Waals surface area contributed by atoms with Crippen LogP contribution < -0.4 is 5.32 Å². The number of amides is 1. The first-order valence-electron chi connectivity index (χ1n) is 10.1. The number of pyridine rings is 1. The van der Waals surface area contributed by atoms with Crippen molar-refractivity contribution in [3.05, 3.63) is 59.9 Å². The molecule has 28 heavy (non-hydrogen) atoms. The first kappa shape index (κ1) is 20.3. The fourth-order valence-corrected chi connectivity index (χ4v) is 3.58. The number of benzene rings is 1.